The fourth-order valence-electron chi connectivity index (χ4n) is 2.44. The maximum absolute atomic E-state index is 13.5. The minimum atomic E-state index is -0.559. The number of rotatable bonds is 3. The van der Waals surface area contributed by atoms with Gasteiger partial charge in [0.05, 0.1) is 5.56 Å². The van der Waals surface area contributed by atoms with Crippen LogP contribution < -0.4 is 11.1 Å². The normalized spacial score (nSPS) is 16.5. The molecule has 3 N–H and O–H groups in total. The van der Waals surface area contributed by atoms with E-state index in [2.05, 4.69) is 5.32 Å². The molecule has 0 bridgehead atoms. The summed E-state index contributed by atoms with van der Waals surface area (Å²) in [4.78, 5) is 11.8. The van der Waals surface area contributed by atoms with Gasteiger partial charge in [0, 0.05) is 12.2 Å². The Bertz CT molecular complexity index is 428. The van der Waals surface area contributed by atoms with Gasteiger partial charge in [-0.2, -0.15) is 0 Å². The van der Waals surface area contributed by atoms with Crippen LogP contribution >= 0.6 is 0 Å². The summed E-state index contributed by atoms with van der Waals surface area (Å²) in [6, 6.07) is 4.15. The summed E-state index contributed by atoms with van der Waals surface area (Å²) < 4.78 is 13.5. The summed E-state index contributed by atoms with van der Waals surface area (Å²) in [7, 11) is 0. The van der Waals surface area contributed by atoms with Crippen molar-refractivity contribution >= 4 is 11.6 Å². The Hall–Kier alpha value is -1.58. The largest absolute Gasteiger partial charge is 0.399 e. The first-order chi connectivity index (χ1) is 8.66. The van der Waals surface area contributed by atoms with Crippen LogP contribution in [0, 0.1) is 11.7 Å². The number of anilines is 1. The molecule has 0 radical (unpaired) electrons. The summed E-state index contributed by atoms with van der Waals surface area (Å²) >= 11 is 0. The number of carbonyl (C=O) groups is 1. The molecule has 0 spiro atoms. The average Bonchev–Trinajstić information content (AvgIpc) is 2.37. The number of benzene rings is 1. The molecule has 1 aromatic carbocycles. The van der Waals surface area contributed by atoms with Gasteiger partial charge < -0.3 is 11.1 Å². The molecule has 1 aromatic rings. The van der Waals surface area contributed by atoms with Crippen molar-refractivity contribution in [1.82, 2.24) is 5.32 Å². The summed E-state index contributed by atoms with van der Waals surface area (Å²) in [5, 5.41) is 2.81. The zero-order valence-corrected chi connectivity index (χ0v) is 10.4. The van der Waals surface area contributed by atoms with E-state index in [1.165, 1.54) is 31.4 Å². The third-order valence-electron chi connectivity index (χ3n) is 3.51. The third kappa shape index (κ3) is 3.22. The molecule has 0 atom stereocenters. The maximum Gasteiger partial charge on any atom is 0.254 e. The molecule has 1 fully saturated rings. The Kier molecular flexibility index (Phi) is 4.18. The standard InChI is InChI=1S/C14H19FN2O/c15-13-8-11(16)6-7-12(13)14(18)17-9-10-4-2-1-3-5-10/h6-8,10H,1-5,9,16H2,(H,17,18). The van der Waals surface area contributed by atoms with Crippen LogP contribution in [0.3, 0.4) is 0 Å². The number of amides is 1. The molecule has 0 unspecified atom stereocenters. The molecule has 98 valence electrons. The smallest absolute Gasteiger partial charge is 0.254 e. The summed E-state index contributed by atoms with van der Waals surface area (Å²) in [5.41, 5.74) is 5.85. The second kappa shape index (κ2) is 5.85. The Morgan fingerprint density at radius 2 is 2.06 bits per heavy atom. The number of halogens is 1. The number of hydrogen-bond acceptors (Lipinski definition) is 2. The maximum atomic E-state index is 13.5. The highest BCUT2D eigenvalue weighted by molar-refractivity contribution is 5.94. The molecule has 2 rings (SSSR count). The molecule has 0 saturated heterocycles. The highest BCUT2D eigenvalue weighted by Gasteiger charge is 2.16. The highest BCUT2D eigenvalue weighted by Crippen LogP contribution is 2.23. The van der Waals surface area contributed by atoms with E-state index in [9.17, 15) is 9.18 Å². The van der Waals surface area contributed by atoms with Gasteiger partial charge in [-0.15, -0.1) is 0 Å². The lowest BCUT2D eigenvalue weighted by Gasteiger charge is -2.21. The van der Waals surface area contributed by atoms with Crippen molar-refractivity contribution in [3.05, 3.63) is 29.6 Å². The molecule has 1 amide bonds. The first-order valence-corrected chi connectivity index (χ1v) is 6.50. The van der Waals surface area contributed by atoms with Crippen molar-refractivity contribution in [2.24, 2.45) is 5.92 Å². The van der Waals surface area contributed by atoms with E-state index in [1.807, 2.05) is 0 Å². The molecule has 4 heteroatoms. The van der Waals surface area contributed by atoms with Crippen molar-refractivity contribution in [3.63, 3.8) is 0 Å². The minimum absolute atomic E-state index is 0.0695. The Labute approximate surface area is 107 Å². The number of nitrogens with two attached hydrogens (primary N) is 1. The van der Waals surface area contributed by atoms with Gasteiger partial charge in [-0.3, -0.25) is 4.79 Å². The van der Waals surface area contributed by atoms with Gasteiger partial charge >= 0.3 is 0 Å². The van der Waals surface area contributed by atoms with Crippen LogP contribution in [0.2, 0.25) is 0 Å². The van der Waals surface area contributed by atoms with Gasteiger partial charge in [0.25, 0.3) is 5.91 Å². The van der Waals surface area contributed by atoms with Crippen molar-refractivity contribution < 1.29 is 9.18 Å². The zero-order chi connectivity index (χ0) is 13.0. The molecule has 0 heterocycles. The van der Waals surface area contributed by atoms with Crippen LogP contribution in [0.4, 0.5) is 10.1 Å². The molecular formula is C14H19FN2O. The number of nitrogen functional groups attached to an aromatic ring is 1. The summed E-state index contributed by atoms with van der Waals surface area (Å²) in [5.74, 6) is -0.367. The molecule has 0 aromatic heterocycles. The SMILES string of the molecule is Nc1ccc(C(=O)NCC2CCCCC2)c(F)c1. The Morgan fingerprint density at radius 1 is 1.33 bits per heavy atom. The van der Waals surface area contributed by atoms with Crippen LogP contribution in [0.1, 0.15) is 42.5 Å². The van der Waals surface area contributed by atoms with Gasteiger partial charge in [-0.25, -0.2) is 4.39 Å². The monoisotopic (exact) mass is 250 g/mol. The number of nitrogens with one attached hydrogen (secondary N) is 1. The second-order valence-electron chi connectivity index (χ2n) is 4.95. The topological polar surface area (TPSA) is 55.1 Å². The fourth-order valence-corrected chi connectivity index (χ4v) is 2.44. The van der Waals surface area contributed by atoms with E-state index < -0.39 is 5.82 Å². The number of carbonyl (C=O) groups excluding carboxylic acids is 1. The van der Waals surface area contributed by atoms with Crippen LogP contribution in [0.5, 0.6) is 0 Å². The van der Waals surface area contributed by atoms with Gasteiger partial charge in [-0.05, 0) is 37.0 Å². The second-order valence-corrected chi connectivity index (χ2v) is 4.95. The lowest BCUT2D eigenvalue weighted by atomic mass is 9.89. The zero-order valence-electron chi connectivity index (χ0n) is 10.4. The van der Waals surface area contributed by atoms with Crippen molar-refractivity contribution in [2.75, 3.05) is 12.3 Å². The quantitative estimate of drug-likeness (QED) is 0.810. The summed E-state index contributed by atoms with van der Waals surface area (Å²) in [6.07, 6.45) is 6.07. The van der Waals surface area contributed by atoms with E-state index in [0.29, 0.717) is 18.2 Å². The molecule has 1 aliphatic carbocycles. The lowest BCUT2D eigenvalue weighted by molar-refractivity contribution is 0.0939. The van der Waals surface area contributed by atoms with Gasteiger partial charge in [0.15, 0.2) is 0 Å². The molecule has 0 aliphatic heterocycles. The fraction of sp³-hybridized carbons (Fsp3) is 0.500. The van der Waals surface area contributed by atoms with Crippen LogP contribution in [0.25, 0.3) is 0 Å². The lowest BCUT2D eigenvalue weighted by Crippen LogP contribution is -2.30. The number of hydrogen-bond donors (Lipinski definition) is 2. The van der Waals surface area contributed by atoms with Gasteiger partial charge in [0.2, 0.25) is 0 Å². The summed E-state index contributed by atoms with van der Waals surface area (Å²) in [6.45, 7) is 0.642. The predicted octanol–water partition coefficient (Wildman–Crippen LogP) is 2.72. The molecule has 1 saturated carbocycles. The molecule has 18 heavy (non-hydrogen) atoms. The molecule has 3 nitrogen and oxygen atoms in total. The van der Waals surface area contributed by atoms with Crippen LogP contribution in [-0.2, 0) is 0 Å². The van der Waals surface area contributed by atoms with Gasteiger partial charge in [0.1, 0.15) is 5.82 Å². The molecular weight excluding hydrogens is 231 g/mol. The van der Waals surface area contributed by atoms with Crippen molar-refractivity contribution in [1.29, 1.82) is 0 Å². The van der Waals surface area contributed by atoms with E-state index in [1.54, 1.807) is 6.07 Å². The first-order valence-electron chi connectivity index (χ1n) is 6.50. The van der Waals surface area contributed by atoms with E-state index >= 15 is 0 Å². The van der Waals surface area contributed by atoms with E-state index in [0.717, 1.165) is 12.8 Å². The average molecular weight is 250 g/mol. The van der Waals surface area contributed by atoms with Crippen molar-refractivity contribution in [3.8, 4) is 0 Å². The first kappa shape index (κ1) is 12.9. The van der Waals surface area contributed by atoms with Crippen LogP contribution in [-0.4, -0.2) is 12.5 Å². The molecule has 1 aliphatic rings. The Morgan fingerprint density at radius 3 is 2.72 bits per heavy atom. The Balaban J connectivity index is 1.90. The minimum Gasteiger partial charge on any atom is -0.399 e. The predicted molar refractivity (Wildman–Crippen MR) is 69.7 cm³/mol. The van der Waals surface area contributed by atoms with E-state index in [-0.39, 0.29) is 11.5 Å². The van der Waals surface area contributed by atoms with E-state index in [4.69, 9.17) is 5.73 Å². The van der Waals surface area contributed by atoms with Gasteiger partial charge in [-0.1, -0.05) is 19.3 Å². The highest BCUT2D eigenvalue weighted by atomic mass is 19.1. The van der Waals surface area contributed by atoms with Crippen LogP contribution in [0.15, 0.2) is 18.2 Å². The van der Waals surface area contributed by atoms with Crippen molar-refractivity contribution in [2.45, 2.75) is 32.1 Å². The third-order valence-corrected chi connectivity index (χ3v) is 3.51.